The molecule has 0 spiro atoms. The quantitative estimate of drug-likeness (QED) is 0.783. The van der Waals surface area contributed by atoms with Gasteiger partial charge in [0.15, 0.2) is 0 Å². The summed E-state index contributed by atoms with van der Waals surface area (Å²) in [4.78, 5) is 14.3. The molecule has 1 heterocycles. The van der Waals surface area contributed by atoms with Gasteiger partial charge in [-0.05, 0) is 38.3 Å². The third-order valence-electron chi connectivity index (χ3n) is 4.02. The number of methoxy groups -OCH3 is 1. The van der Waals surface area contributed by atoms with Gasteiger partial charge in [-0.3, -0.25) is 9.69 Å². The number of likely N-dealkylation sites (tertiary alicyclic amines) is 1. The smallest absolute Gasteiger partial charge is 0.234 e. The summed E-state index contributed by atoms with van der Waals surface area (Å²) < 4.78 is 4.98. The first-order valence-electron chi connectivity index (χ1n) is 7.77. The molecule has 0 aromatic heterocycles. The highest BCUT2D eigenvalue weighted by molar-refractivity contribution is 5.78. The molecule has 4 heteroatoms. The molecule has 0 saturated carbocycles. The summed E-state index contributed by atoms with van der Waals surface area (Å²) in [5.74, 6) is 0.116. The molecule has 1 atom stereocenters. The van der Waals surface area contributed by atoms with Gasteiger partial charge in [0.1, 0.15) is 0 Å². The van der Waals surface area contributed by atoms with Crippen LogP contribution >= 0.6 is 0 Å². The molecule has 1 amide bonds. The summed E-state index contributed by atoms with van der Waals surface area (Å²) >= 11 is 0. The van der Waals surface area contributed by atoms with Crippen LogP contribution in [0.25, 0.3) is 0 Å². The number of rotatable bonds is 7. The van der Waals surface area contributed by atoms with Crippen LogP contribution in [0.4, 0.5) is 0 Å². The average molecular weight is 290 g/mol. The zero-order valence-corrected chi connectivity index (χ0v) is 13.1. The van der Waals surface area contributed by atoms with Crippen LogP contribution in [0.3, 0.4) is 0 Å². The first-order chi connectivity index (χ1) is 10.2. The molecule has 1 saturated heterocycles. The van der Waals surface area contributed by atoms with E-state index in [2.05, 4.69) is 41.4 Å². The lowest BCUT2D eigenvalue weighted by Gasteiger charge is -2.24. The lowest BCUT2D eigenvalue weighted by Crippen LogP contribution is -2.37. The summed E-state index contributed by atoms with van der Waals surface area (Å²) in [5.41, 5.74) is 2.60. The van der Waals surface area contributed by atoms with Crippen molar-refractivity contribution in [1.82, 2.24) is 10.2 Å². The second kappa shape index (κ2) is 8.15. The van der Waals surface area contributed by atoms with Crippen LogP contribution in [-0.4, -0.2) is 44.2 Å². The molecule has 0 unspecified atom stereocenters. The average Bonchev–Trinajstić information content (AvgIpc) is 2.92. The summed E-state index contributed by atoms with van der Waals surface area (Å²) in [6.07, 6.45) is 3.17. The van der Waals surface area contributed by atoms with E-state index in [1.807, 2.05) is 0 Å². The van der Waals surface area contributed by atoms with Gasteiger partial charge in [-0.2, -0.15) is 0 Å². The molecule has 116 valence electrons. The fraction of sp³-hybridized carbons (Fsp3) is 0.588. The Morgan fingerprint density at radius 2 is 2.14 bits per heavy atom. The lowest BCUT2D eigenvalue weighted by molar-refractivity contribution is -0.122. The zero-order valence-electron chi connectivity index (χ0n) is 13.1. The van der Waals surface area contributed by atoms with Gasteiger partial charge in [0.05, 0.1) is 6.54 Å². The van der Waals surface area contributed by atoms with Crippen LogP contribution in [-0.2, 0) is 9.53 Å². The SMILES string of the molecule is COCCCNC(=O)CN1CCC[C@H]1c1ccc(C)cc1. The Hall–Kier alpha value is -1.39. The number of carbonyl (C=O) groups excluding carboxylic acids is 1. The number of carbonyl (C=O) groups is 1. The van der Waals surface area contributed by atoms with E-state index in [-0.39, 0.29) is 5.91 Å². The van der Waals surface area contributed by atoms with E-state index in [1.54, 1.807) is 7.11 Å². The van der Waals surface area contributed by atoms with Crippen LogP contribution in [0, 0.1) is 6.92 Å². The number of ether oxygens (including phenoxy) is 1. The van der Waals surface area contributed by atoms with Crippen molar-refractivity contribution in [3.8, 4) is 0 Å². The van der Waals surface area contributed by atoms with Crippen LogP contribution < -0.4 is 5.32 Å². The van der Waals surface area contributed by atoms with E-state index >= 15 is 0 Å². The monoisotopic (exact) mass is 290 g/mol. The van der Waals surface area contributed by atoms with Crippen molar-refractivity contribution < 1.29 is 9.53 Å². The molecule has 1 N–H and O–H groups in total. The number of nitrogens with zero attached hydrogens (tertiary/aromatic N) is 1. The standard InChI is InChI=1S/C17H26N2O2/c1-14-6-8-15(9-7-14)16-5-3-11-19(16)13-17(20)18-10-4-12-21-2/h6-9,16H,3-5,10-13H2,1-2H3,(H,18,20)/t16-/m0/s1. The van der Waals surface area contributed by atoms with Crippen molar-refractivity contribution in [2.75, 3.05) is 33.4 Å². The second-order valence-electron chi connectivity index (χ2n) is 5.74. The number of aryl methyl sites for hydroxylation is 1. The molecule has 4 nitrogen and oxygen atoms in total. The topological polar surface area (TPSA) is 41.6 Å². The van der Waals surface area contributed by atoms with Crippen molar-refractivity contribution in [1.29, 1.82) is 0 Å². The van der Waals surface area contributed by atoms with Gasteiger partial charge in [-0.1, -0.05) is 29.8 Å². The summed E-state index contributed by atoms with van der Waals surface area (Å²) in [6, 6.07) is 9.06. The molecule has 0 radical (unpaired) electrons. The fourth-order valence-corrected chi connectivity index (χ4v) is 2.87. The molecule has 1 fully saturated rings. The zero-order chi connectivity index (χ0) is 15.1. The van der Waals surface area contributed by atoms with Crippen LogP contribution in [0.5, 0.6) is 0 Å². The first kappa shape index (κ1) is 16.0. The minimum Gasteiger partial charge on any atom is -0.385 e. The minimum absolute atomic E-state index is 0.116. The van der Waals surface area contributed by atoms with E-state index < -0.39 is 0 Å². The van der Waals surface area contributed by atoms with Crippen LogP contribution in [0.15, 0.2) is 24.3 Å². The highest BCUT2D eigenvalue weighted by atomic mass is 16.5. The highest BCUT2D eigenvalue weighted by Gasteiger charge is 2.27. The van der Waals surface area contributed by atoms with Crippen molar-refractivity contribution in [2.24, 2.45) is 0 Å². The van der Waals surface area contributed by atoms with Gasteiger partial charge in [-0.15, -0.1) is 0 Å². The molecule has 0 bridgehead atoms. The van der Waals surface area contributed by atoms with Gasteiger partial charge in [-0.25, -0.2) is 0 Å². The van der Waals surface area contributed by atoms with E-state index in [0.717, 1.165) is 25.8 Å². The molecular formula is C17H26N2O2. The Labute approximate surface area is 127 Å². The molecule has 21 heavy (non-hydrogen) atoms. The largest absolute Gasteiger partial charge is 0.385 e. The van der Waals surface area contributed by atoms with Crippen molar-refractivity contribution in [3.63, 3.8) is 0 Å². The highest BCUT2D eigenvalue weighted by Crippen LogP contribution is 2.31. The van der Waals surface area contributed by atoms with Gasteiger partial charge in [0, 0.05) is 26.3 Å². The Balaban J connectivity index is 1.84. The molecule has 1 aromatic carbocycles. The molecule has 0 aliphatic carbocycles. The first-order valence-corrected chi connectivity index (χ1v) is 7.77. The molecule has 2 rings (SSSR count). The normalized spacial score (nSPS) is 18.9. The van der Waals surface area contributed by atoms with E-state index in [0.29, 0.717) is 25.7 Å². The van der Waals surface area contributed by atoms with Gasteiger partial charge in [0.2, 0.25) is 5.91 Å². The van der Waals surface area contributed by atoms with E-state index in [9.17, 15) is 4.79 Å². The Morgan fingerprint density at radius 3 is 2.86 bits per heavy atom. The predicted molar refractivity (Wildman–Crippen MR) is 84.2 cm³/mol. The van der Waals surface area contributed by atoms with E-state index in [1.165, 1.54) is 11.1 Å². The van der Waals surface area contributed by atoms with Crippen molar-refractivity contribution in [2.45, 2.75) is 32.2 Å². The van der Waals surface area contributed by atoms with Crippen molar-refractivity contribution >= 4 is 5.91 Å². The maximum absolute atomic E-state index is 12.0. The summed E-state index contributed by atoms with van der Waals surface area (Å²) in [5, 5.41) is 2.96. The molecular weight excluding hydrogens is 264 g/mol. The maximum atomic E-state index is 12.0. The number of amides is 1. The lowest BCUT2D eigenvalue weighted by atomic mass is 10.0. The summed E-state index contributed by atoms with van der Waals surface area (Å²) in [6.45, 7) is 4.98. The number of hydrogen-bond donors (Lipinski definition) is 1. The fourth-order valence-electron chi connectivity index (χ4n) is 2.87. The molecule has 1 aliphatic heterocycles. The Kier molecular flexibility index (Phi) is 6.21. The van der Waals surface area contributed by atoms with Gasteiger partial charge >= 0.3 is 0 Å². The maximum Gasteiger partial charge on any atom is 0.234 e. The van der Waals surface area contributed by atoms with Crippen molar-refractivity contribution in [3.05, 3.63) is 35.4 Å². The summed E-state index contributed by atoms with van der Waals surface area (Å²) in [7, 11) is 1.68. The number of nitrogens with one attached hydrogen (secondary N) is 1. The minimum atomic E-state index is 0.116. The Morgan fingerprint density at radius 1 is 1.38 bits per heavy atom. The predicted octanol–water partition coefficient (Wildman–Crippen LogP) is 2.28. The second-order valence-corrected chi connectivity index (χ2v) is 5.74. The van der Waals surface area contributed by atoms with Gasteiger partial charge in [0.25, 0.3) is 0 Å². The third kappa shape index (κ3) is 4.83. The van der Waals surface area contributed by atoms with Crippen LogP contribution in [0.1, 0.15) is 36.4 Å². The van der Waals surface area contributed by atoms with E-state index in [4.69, 9.17) is 4.74 Å². The molecule has 1 aliphatic rings. The Bertz CT molecular complexity index is 445. The number of benzene rings is 1. The third-order valence-corrected chi connectivity index (χ3v) is 4.02. The molecule has 1 aromatic rings. The van der Waals surface area contributed by atoms with Crippen LogP contribution in [0.2, 0.25) is 0 Å². The van der Waals surface area contributed by atoms with Gasteiger partial charge < -0.3 is 10.1 Å². The number of hydrogen-bond acceptors (Lipinski definition) is 3.